The van der Waals surface area contributed by atoms with Crippen molar-refractivity contribution in [2.45, 2.75) is 13.0 Å². The highest BCUT2D eigenvalue weighted by molar-refractivity contribution is 8.14. The van der Waals surface area contributed by atoms with Gasteiger partial charge in [0.25, 0.3) is 0 Å². The molecule has 1 aliphatic heterocycles. The van der Waals surface area contributed by atoms with Gasteiger partial charge in [0.15, 0.2) is 11.0 Å². The largest absolute Gasteiger partial charge is 0.497 e. The summed E-state index contributed by atoms with van der Waals surface area (Å²) in [5.41, 5.74) is 1.04. The molecule has 1 aliphatic rings. The Morgan fingerprint density at radius 3 is 2.47 bits per heavy atom. The number of ketones is 1. The van der Waals surface area contributed by atoms with Gasteiger partial charge in [0, 0.05) is 23.9 Å². The lowest BCUT2D eigenvalue weighted by Crippen LogP contribution is -2.36. The first-order valence-corrected chi connectivity index (χ1v) is 10.2. The Balaban J connectivity index is 1.90. The van der Waals surface area contributed by atoms with Gasteiger partial charge < -0.3 is 19.1 Å². The number of halogens is 2. The van der Waals surface area contributed by atoms with Crippen LogP contribution >= 0.6 is 11.8 Å². The maximum Gasteiger partial charge on any atom is 0.387 e. The van der Waals surface area contributed by atoms with Crippen molar-refractivity contribution in [3.63, 3.8) is 0 Å². The van der Waals surface area contributed by atoms with Crippen LogP contribution in [0.2, 0.25) is 0 Å². The van der Waals surface area contributed by atoms with E-state index >= 15 is 0 Å². The van der Waals surface area contributed by atoms with Crippen molar-refractivity contribution >= 4 is 28.4 Å². The number of carbonyl (C=O) groups is 1. The first-order chi connectivity index (χ1) is 14.5. The van der Waals surface area contributed by atoms with Gasteiger partial charge in [-0.1, -0.05) is 11.8 Å². The molecule has 0 amide bonds. The van der Waals surface area contributed by atoms with Crippen LogP contribution in [-0.4, -0.2) is 50.6 Å². The third-order valence-electron chi connectivity index (χ3n) is 4.39. The highest BCUT2D eigenvalue weighted by Gasteiger charge is 2.24. The fourth-order valence-corrected chi connectivity index (χ4v) is 3.89. The Morgan fingerprint density at radius 2 is 1.87 bits per heavy atom. The quantitative estimate of drug-likeness (QED) is 0.569. The number of thioether (sulfide) groups is 1. The first-order valence-electron chi connectivity index (χ1n) is 9.26. The number of rotatable bonds is 8. The summed E-state index contributed by atoms with van der Waals surface area (Å²) in [5.74, 6) is 1.91. The van der Waals surface area contributed by atoms with Gasteiger partial charge in [0.2, 0.25) is 0 Å². The number of Topliss-reactive ketones (excluding diaryl/α,β-unsaturated/α-hetero) is 1. The maximum absolute atomic E-state index is 13.0. The van der Waals surface area contributed by atoms with Gasteiger partial charge in [-0.2, -0.15) is 8.78 Å². The number of aliphatic imine (C=N–C) groups is 1. The molecular formula is C21H22F2N2O4S. The summed E-state index contributed by atoms with van der Waals surface area (Å²) in [4.78, 5) is 19.4. The third-order valence-corrected chi connectivity index (χ3v) is 5.49. The Hall–Kier alpha value is -2.81. The Bertz CT molecular complexity index is 906. The van der Waals surface area contributed by atoms with Crippen molar-refractivity contribution in [1.29, 1.82) is 0 Å². The summed E-state index contributed by atoms with van der Waals surface area (Å²) >= 11 is 1.57. The minimum absolute atomic E-state index is 0.0000761. The molecule has 0 N–H and O–H groups in total. The molecule has 160 valence electrons. The van der Waals surface area contributed by atoms with Crippen molar-refractivity contribution in [1.82, 2.24) is 0 Å². The van der Waals surface area contributed by atoms with Crippen LogP contribution in [-0.2, 0) is 0 Å². The average Bonchev–Trinajstić information content (AvgIpc) is 2.77. The van der Waals surface area contributed by atoms with E-state index < -0.39 is 6.61 Å². The molecule has 0 bridgehead atoms. The summed E-state index contributed by atoms with van der Waals surface area (Å²) in [5, 5.41) is 0.721. The summed E-state index contributed by atoms with van der Waals surface area (Å²) in [6.07, 6.45) is 0.969. The van der Waals surface area contributed by atoms with E-state index in [-0.39, 0.29) is 18.1 Å². The van der Waals surface area contributed by atoms with Gasteiger partial charge in [-0.25, -0.2) is 0 Å². The van der Waals surface area contributed by atoms with Crippen LogP contribution in [0.3, 0.4) is 0 Å². The number of benzene rings is 2. The van der Waals surface area contributed by atoms with Gasteiger partial charge in [-0.3, -0.25) is 9.79 Å². The number of anilines is 1. The molecule has 0 saturated carbocycles. The molecule has 0 unspecified atom stereocenters. The summed E-state index contributed by atoms with van der Waals surface area (Å²) in [7, 11) is 3.12. The zero-order chi connectivity index (χ0) is 21.5. The second-order valence-corrected chi connectivity index (χ2v) is 7.38. The molecule has 0 aliphatic carbocycles. The zero-order valence-electron chi connectivity index (χ0n) is 16.6. The Kier molecular flexibility index (Phi) is 7.51. The van der Waals surface area contributed by atoms with E-state index in [1.807, 2.05) is 0 Å². The van der Waals surface area contributed by atoms with Crippen molar-refractivity contribution in [2.75, 3.05) is 38.0 Å². The molecule has 30 heavy (non-hydrogen) atoms. The molecule has 0 atom stereocenters. The number of methoxy groups -OCH3 is 2. The molecule has 9 heteroatoms. The second-order valence-electron chi connectivity index (χ2n) is 6.32. The molecule has 0 spiro atoms. The van der Waals surface area contributed by atoms with E-state index in [0.717, 1.165) is 17.3 Å². The van der Waals surface area contributed by atoms with Gasteiger partial charge in [-0.05, 0) is 42.8 Å². The van der Waals surface area contributed by atoms with Crippen molar-refractivity contribution in [3.05, 3.63) is 48.0 Å². The molecular weight excluding hydrogens is 414 g/mol. The zero-order valence-corrected chi connectivity index (χ0v) is 17.5. The summed E-state index contributed by atoms with van der Waals surface area (Å²) < 4.78 is 39.9. The van der Waals surface area contributed by atoms with Crippen molar-refractivity contribution in [2.24, 2.45) is 4.99 Å². The normalized spacial score (nSPS) is 13.6. The Morgan fingerprint density at radius 1 is 1.13 bits per heavy atom. The van der Waals surface area contributed by atoms with E-state index in [1.165, 1.54) is 24.3 Å². The van der Waals surface area contributed by atoms with E-state index in [1.54, 1.807) is 49.1 Å². The molecule has 0 radical (unpaired) electrons. The number of hydrogen-bond acceptors (Lipinski definition) is 7. The Labute approximate surface area is 177 Å². The van der Waals surface area contributed by atoms with E-state index in [9.17, 15) is 13.6 Å². The molecule has 3 rings (SSSR count). The van der Waals surface area contributed by atoms with Crippen LogP contribution in [0.25, 0.3) is 0 Å². The van der Waals surface area contributed by atoms with E-state index in [2.05, 4.69) is 9.73 Å². The fraction of sp³-hybridized carbons (Fsp3) is 0.333. The lowest BCUT2D eigenvalue weighted by atomic mass is 10.1. The van der Waals surface area contributed by atoms with E-state index in [0.29, 0.717) is 29.3 Å². The predicted molar refractivity (Wildman–Crippen MR) is 114 cm³/mol. The van der Waals surface area contributed by atoms with Crippen molar-refractivity contribution < 1.29 is 27.8 Å². The topological polar surface area (TPSA) is 60.4 Å². The number of alkyl halides is 2. The van der Waals surface area contributed by atoms with Crippen LogP contribution in [0.5, 0.6) is 17.2 Å². The SMILES string of the molecule is COc1ccc(OC)c(N(CC(=O)c2ccc(OC(F)F)cc2)C2=NCCCS2)c1. The van der Waals surface area contributed by atoms with Gasteiger partial charge in [0.1, 0.15) is 17.2 Å². The molecule has 2 aromatic carbocycles. The van der Waals surface area contributed by atoms with Crippen LogP contribution in [0.15, 0.2) is 47.5 Å². The fourth-order valence-electron chi connectivity index (χ4n) is 2.93. The first kappa shape index (κ1) is 21.9. The van der Waals surface area contributed by atoms with E-state index in [4.69, 9.17) is 9.47 Å². The third kappa shape index (κ3) is 5.41. The number of amidine groups is 1. The van der Waals surface area contributed by atoms with Crippen molar-refractivity contribution in [3.8, 4) is 17.2 Å². The summed E-state index contributed by atoms with van der Waals surface area (Å²) in [6.45, 7) is -2.23. The number of ether oxygens (including phenoxy) is 3. The standard InChI is InChI=1S/C21H22F2N2O4S/c1-27-16-8-9-19(28-2)17(12-16)25(21-24-10-3-11-30-21)13-18(26)14-4-6-15(7-5-14)29-20(22)23/h4-9,12,20H,3,10-11,13H2,1-2H3. The van der Waals surface area contributed by atoms with Crippen LogP contribution in [0.4, 0.5) is 14.5 Å². The molecule has 0 fully saturated rings. The monoisotopic (exact) mass is 436 g/mol. The minimum atomic E-state index is -2.91. The lowest BCUT2D eigenvalue weighted by Gasteiger charge is -2.28. The highest BCUT2D eigenvalue weighted by Crippen LogP contribution is 2.35. The van der Waals surface area contributed by atoms with Gasteiger partial charge in [0.05, 0.1) is 26.5 Å². The van der Waals surface area contributed by atoms with Crippen LogP contribution in [0, 0.1) is 0 Å². The molecule has 2 aromatic rings. The number of carbonyl (C=O) groups excluding carboxylic acids is 1. The summed E-state index contributed by atoms with van der Waals surface area (Å²) in [6, 6.07) is 11.0. The molecule has 6 nitrogen and oxygen atoms in total. The maximum atomic E-state index is 13.0. The van der Waals surface area contributed by atoms with Crippen LogP contribution < -0.4 is 19.1 Å². The predicted octanol–water partition coefficient (Wildman–Crippen LogP) is 4.49. The minimum Gasteiger partial charge on any atom is -0.497 e. The molecule has 1 heterocycles. The second kappa shape index (κ2) is 10.3. The molecule has 0 saturated heterocycles. The van der Waals surface area contributed by atoms with Crippen LogP contribution in [0.1, 0.15) is 16.8 Å². The lowest BCUT2D eigenvalue weighted by molar-refractivity contribution is -0.0498. The number of hydrogen-bond donors (Lipinski definition) is 0. The smallest absolute Gasteiger partial charge is 0.387 e. The molecule has 0 aromatic heterocycles. The average molecular weight is 436 g/mol. The number of nitrogens with zero attached hydrogens (tertiary/aromatic N) is 2. The highest BCUT2D eigenvalue weighted by atomic mass is 32.2. The van der Waals surface area contributed by atoms with Gasteiger partial charge in [-0.15, -0.1) is 0 Å². The van der Waals surface area contributed by atoms with Gasteiger partial charge >= 0.3 is 6.61 Å².